The molecule has 1 aromatic heterocycles. The van der Waals surface area contributed by atoms with Gasteiger partial charge in [-0.1, -0.05) is 0 Å². The second kappa shape index (κ2) is 6.35. The number of rotatable bonds is 3. The molecule has 8 nitrogen and oxygen atoms in total. The zero-order valence-corrected chi connectivity index (χ0v) is 10.8. The summed E-state index contributed by atoms with van der Waals surface area (Å²) < 4.78 is 0. The molecule has 9 heteroatoms. The maximum Gasteiger partial charge on any atom is 0.316 e. The Hall–Kier alpha value is -2.86. The number of anilines is 2. The summed E-state index contributed by atoms with van der Waals surface area (Å²) in [7, 11) is 0. The highest BCUT2D eigenvalue weighted by atomic mass is 32.2. The molecular weight excluding hydrogens is 280 g/mol. The molecule has 100 valence electrons. The van der Waals surface area contributed by atoms with Gasteiger partial charge in [-0.15, -0.1) is 0 Å². The van der Waals surface area contributed by atoms with Crippen molar-refractivity contribution < 1.29 is 9.59 Å². The minimum absolute atomic E-state index is 0.0888. The number of carbonyl (C=O) groups is 2. The SMILES string of the molecule is N#CSc1ccc(NC(=O)C(=O)Nc2ncn[nH]2)cc1. The lowest BCUT2D eigenvalue weighted by Gasteiger charge is -2.04. The lowest BCUT2D eigenvalue weighted by molar-refractivity contribution is -0.133. The van der Waals surface area contributed by atoms with E-state index in [0.717, 1.165) is 16.7 Å². The number of nitrogens with one attached hydrogen (secondary N) is 3. The lowest BCUT2D eigenvalue weighted by atomic mass is 10.3. The van der Waals surface area contributed by atoms with Crippen LogP contribution in [0.4, 0.5) is 11.6 Å². The van der Waals surface area contributed by atoms with E-state index in [9.17, 15) is 9.59 Å². The standard InChI is InChI=1S/C11H8N6O2S/c12-5-20-8-3-1-7(2-4-8)15-9(18)10(19)16-11-13-6-14-17-11/h1-4,6H,(H,15,18)(H2,13,14,16,17,19). The average Bonchev–Trinajstić information content (AvgIpc) is 2.94. The molecule has 2 amide bonds. The fourth-order valence-corrected chi connectivity index (χ4v) is 1.65. The van der Waals surface area contributed by atoms with Gasteiger partial charge in [0.05, 0.1) is 0 Å². The predicted molar refractivity (Wildman–Crippen MR) is 71.6 cm³/mol. The van der Waals surface area contributed by atoms with Crippen molar-refractivity contribution in [3.05, 3.63) is 30.6 Å². The third-order valence-corrected chi connectivity index (χ3v) is 2.73. The molecule has 0 atom stereocenters. The molecule has 0 aliphatic carbocycles. The largest absolute Gasteiger partial charge is 0.318 e. The normalized spacial score (nSPS) is 9.55. The maximum absolute atomic E-state index is 11.6. The molecular formula is C11H8N6O2S. The van der Waals surface area contributed by atoms with E-state index in [1.807, 2.05) is 5.40 Å². The molecule has 0 unspecified atom stereocenters. The van der Waals surface area contributed by atoms with E-state index in [1.165, 1.54) is 6.33 Å². The van der Waals surface area contributed by atoms with Crippen LogP contribution >= 0.6 is 11.8 Å². The molecule has 1 aromatic carbocycles. The van der Waals surface area contributed by atoms with Gasteiger partial charge in [-0.2, -0.15) is 15.3 Å². The third-order valence-electron chi connectivity index (χ3n) is 2.13. The first kappa shape index (κ1) is 13.6. The monoisotopic (exact) mass is 288 g/mol. The van der Waals surface area contributed by atoms with E-state index in [-0.39, 0.29) is 5.95 Å². The van der Waals surface area contributed by atoms with Crippen LogP contribution in [0.15, 0.2) is 35.5 Å². The maximum atomic E-state index is 11.6. The number of thiocyanates is 1. The van der Waals surface area contributed by atoms with E-state index in [1.54, 1.807) is 24.3 Å². The van der Waals surface area contributed by atoms with Gasteiger partial charge < -0.3 is 5.32 Å². The molecule has 3 N–H and O–H groups in total. The van der Waals surface area contributed by atoms with Crippen LogP contribution in [0, 0.1) is 10.7 Å². The van der Waals surface area contributed by atoms with Gasteiger partial charge in [0.2, 0.25) is 5.95 Å². The molecule has 0 bridgehead atoms. The zero-order valence-electron chi connectivity index (χ0n) is 9.95. The third kappa shape index (κ3) is 3.56. The number of aromatic nitrogens is 3. The minimum Gasteiger partial charge on any atom is -0.318 e. The number of nitrogens with zero attached hydrogens (tertiary/aromatic N) is 3. The Morgan fingerprint density at radius 2 is 1.90 bits per heavy atom. The molecule has 2 rings (SSSR count). The number of thioether (sulfide) groups is 1. The van der Waals surface area contributed by atoms with Gasteiger partial charge in [0.25, 0.3) is 0 Å². The summed E-state index contributed by atoms with van der Waals surface area (Å²) in [4.78, 5) is 27.5. The highest BCUT2D eigenvalue weighted by Crippen LogP contribution is 2.18. The van der Waals surface area contributed by atoms with Gasteiger partial charge >= 0.3 is 11.8 Å². The summed E-state index contributed by atoms with van der Waals surface area (Å²) in [6, 6.07) is 6.52. The van der Waals surface area contributed by atoms with Gasteiger partial charge in [-0.3, -0.25) is 14.9 Å². The van der Waals surface area contributed by atoms with Crippen molar-refractivity contribution in [1.82, 2.24) is 15.2 Å². The van der Waals surface area contributed by atoms with Crippen LogP contribution in [-0.4, -0.2) is 27.0 Å². The van der Waals surface area contributed by atoms with E-state index in [4.69, 9.17) is 5.26 Å². The molecule has 20 heavy (non-hydrogen) atoms. The lowest BCUT2D eigenvalue weighted by Crippen LogP contribution is -2.29. The van der Waals surface area contributed by atoms with Crippen molar-refractivity contribution >= 4 is 35.2 Å². The Morgan fingerprint density at radius 3 is 2.50 bits per heavy atom. The molecule has 0 saturated carbocycles. The highest BCUT2D eigenvalue weighted by Gasteiger charge is 2.15. The Labute approximate surface area is 117 Å². The summed E-state index contributed by atoms with van der Waals surface area (Å²) in [5.41, 5.74) is 0.449. The van der Waals surface area contributed by atoms with Crippen molar-refractivity contribution in [2.24, 2.45) is 0 Å². The van der Waals surface area contributed by atoms with E-state index < -0.39 is 11.8 Å². The van der Waals surface area contributed by atoms with Crippen LogP contribution in [0.25, 0.3) is 0 Å². The summed E-state index contributed by atoms with van der Waals surface area (Å²) >= 11 is 1.01. The molecule has 1 heterocycles. The van der Waals surface area contributed by atoms with E-state index in [0.29, 0.717) is 5.69 Å². The van der Waals surface area contributed by atoms with Crippen molar-refractivity contribution in [2.45, 2.75) is 4.90 Å². The Morgan fingerprint density at radius 1 is 1.20 bits per heavy atom. The quantitative estimate of drug-likeness (QED) is 0.439. The Bertz CT molecular complexity index is 647. The number of carbonyl (C=O) groups excluding carboxylic acids is 2. The van der Waals surface area contributed by atoms with Crippen molar-refractivity contribution in [3.8, 4) is 5.40 Å². The number of amides is 2. The molecule has 0 aliphatic heterocycles. The number of aromatic amines is 1. The van der Waals surface area contributed by atoms with Gasteiger partial charge in [-0.25, -0.2) is 5.10 Å². The van der Waals surface area contributed by atoms with Gasteiger partial charge in [0, 0.05) is 10.6 Å². The van der Waals surface area contributed by atoms with Crippen molar-refractivity contribution in [3.63, 3.8) is 0 Å². The van der Waals surface area contributed by atoms with Crippen LogP contribution in [0.1, 0.15) is 0 Å². The van der Waals surface area contributed by atoms with E-state index >= 15 is 0 Å². The smallest absolute Gasteiger partial charge is 0.316 e. The van der Waals surface area contributed by atoms with Crippen LogP contribution in [-0.2, 0) is 9.59 Å². The van der Waals surface area contributed by atoms with Crippen molar-refractivity contribution in [1.29, 1.82) is 5.26 Å². The van der Waals surface area contributed by atoms with Gasteiger partial charge in [0.15, 0.2) is 0 Å². The first-order chi connectivity index (χ1) is 9.69. The molecule has 0 fully saturated rings. The number of nitriles is 1. The van der Waals surface area contributed by atoms with Crippen LogP contribution < -0.4 is 10.6 Å². The Kier molecular flexibility index (Phi) is 4.31. The molecule has 0 spiro atoms. The first-order valence-corrected chi connectivity index (χ1v) is 6.14. The molecule has 0 aliphatic rings. The summed E-state index contributed by atoms with van der Waals surface area (Å²) in [5.74, 6) is -1.61. The Balaban J connectivity index is 1.93. The van der Waals surface area contributed by atoms with Crippen LogP contribution in [0.3, 0.4) is 0 Å². The summed E-state index contributed by atoms with van der Waals surface area (Å²) in [5, 5.41) is 21.0. The number of hydrogen-bond acceptors (Lipinski definition) is 6. The topological polar surface area (TPSA) is 124 Å². The fraction of sp³-hybridized carbons (Fsp3) is 0. The second-order valence-electron chi connectivity index (χ2n) is 3.46. The minimum atomic E-state index is -0.864. The summed E-state index contributed by atoms with van der Waals surface area (Å²) in [6.45, 7) is 0. The van der Waals surface area contributed by atoms with Gasteiger partial charge in [-0.05, 0) is 36.0 Å². The number of benzene rings is 1. The van der Waals surface area contributed by atoms with Crippen LogP contribution in [0.5, 0.6) is 0 Å². The van der Waals surface area contributed by atoms with Crippen LogP contribution in [0.2, 0.25) is 0 Å². The summed E-state index contributed by atoms with van der Waals surface area (Å²) in [6.07, 6.45) is 1.21. The molecule has 0 saturated heterocycles. The van der Waals surface area contributed by atoms with E-state index in [2.05, 4.69) is 25.8 Å². The molecule has 2 aromatic rings. The second-order valence-corrected chi connectivity index (χ2v) is 4.32. The predicted octanol–water partition coefficient (Wildman–Crippen LogP) is 0.955. The average molecular weight is 288 g/mol. The highest BCUT2D eigenvalue weighted by molar-refractivity contribution is 8.03. The molecule has 0 radical (unpaired) electrons. The van der Waals surface area contributed by atoms with Gasteiger partial charge in [0.1, 0.15) is 11.7 Å². The number of H-pyrrole nitrogens is 1. The zero-order chi connectivity index (χ0) is 14.4. The number of hydrogen-bond donors (Lipinski definition) is 3. The fourth-order valence-electron chi connectivity index (χ4n) is 1.28. The first-order valence-electron chi connectivity index (χ1n) is 5.33. The van der Waals surface area contributed by atoms with Crippen molar-refractivity contribution in [2.75, 3.05) is 10.6 Å².